The maximum absolute atomic E-state index is 4.90. The average molecular weight is 407 g/mol. The Balaban J connectivity index is 1.67. The Morgan fingerprint density at radius 3 is 2.39 bits per heavy atom. The van der Waals surface area contributed by atoms with Gasteiger partial charge < -0.3 is 0 Å². The fraction of sp³-hybridized carbons (Fsp3) is 0.310. The normalized spacial score (nSPS) is 13.4. The van der Waals surface area contributed by atoms with E-state index in [9.17, 15) is 0 Å². The molecule has 0 unspecified atom stereocenters. The van der Waals surface area contributed by atoms with Crippen molar-refractivity contribution in [2.24, 2.45) is 0 Å². The summed E-state index contributed by atoms with van der Waals surface area (Å²) in [5, 5.41) is 2.59. The molecule has 0 atom stereocenters. The van der Waals surface area contributed by atoms with Gasteiger partial charge in [0.25, 0.3) is 0 Å². The number of nitrogens with zero attached hydrogens (tertiary/aromatic N) is 2. The SMILES string of the molecule is CC(C)c1cnc2c(c1)CCc1cnc(-c3cc(C(C)(C)C)c4ccccc4c3)cc1-2. The number of hydrogen-bond acceptors (Lipinski definition) is 2. The van der Waals surface area contributed by atoms with E-state index in [1.165, 1.54) is 44.2 Å². The molecule has 0 saturated heterocycles. The van der Waals surface area contributed by atoms with Gasteiger partial charge in [0.2, 0.25) is 0 Å². The van der Waals surface area contributed by atoms with E-state index in [0.717, 1.165) is 24.2 Å². The Morgan fingerprint density at radius 1 is 0.839 bits per heavy atom. The van der Waals surface area contributed by atoms with Gasteiger partial charge in [0.15, 0.2) is 0 Å². The standard InChI is InChI=1S/C29H30N2/c1-18(2)23-13-20-10-11-21-16-30-27(15-25(21)28(20)31-17-23)22-12-19-8-6-7-9-24(19)26(14-22)29(3,4)5/h6-9,12-18H,10-11H2,1-5H3. The van der Waals surface area contributed by atoms with Crippen LogP contribution in [-0.4, -0.2) is 9.97 Å². The Morgan fingerprint density at radius 2 is 1.61 bits per heavy atom. The van der Waals surface area contributed by atoms with Crippen molar-refractivity contribution in [3.05, 3.63) is 83.2 Å². The number of aromatic nitrogens is 2. The first-order valence-corrected chi connectivity index (χ1v) is 11.3. The van der Waals surface area contributed by atoms with E-state index in [4.69, 9.17) is 9.97 Å². The summed E-state index contributed by atoms with van der Waals surface area (Å²) >= 11 is 0. The molecule has 31 heavy (non-hydrogen) atoms. The van der Waals surface area contributed by atoms with E-state index in [1.807, 2.05) is 6.20 Å². The van der Waals surface area contributed by atoms with Crippen LogP contribution < -0.4 is 0 Å². The van der Waals surface area contributed by atoms with E-state index in [1.54, 1.807) is 0 Å². The molecule has 2 heteroatoms. The third-order valence-electron chi connectivity index (χ3n) is 6.53. The molecule has 0 radical (unpaired) electrons. The molecule has 2 nitrogen and oxygen atoms in total. The summed E-state index contributed by atoms with van der Waals surface area (Å²) in [6.07, 6.45) is 6.19. The summed E-state index contributed by atoms with van der Waals surface area (Å²) in [6, 6.07) is 17.9. The summed E-state index contributed by atoms with van der Waals surface area (Å²) < 4.78 is 0. The van der Waals surface area contributed by atoms with Gasteiger partial charge >= 0.3 is 0 Å². The van der Waals surface area contributed by atoms with Crippen molar-refractivity contribution in [1.29, 1.82) is 0 Å². The first-order chi connectivity index (χ1) is 14.8. The second-order valence-corrected chi connectivity index (χ2v) is 10.2. The molecule has 2 heterocycles. The molecule has 1 aliphatic rings. The lowest BCUT2D eigenvalue weighted by molar-refractivity contribution is 0.596. The van der Waals surface area contributed by atoms with Gasteiger partial charge in [0.05, 0.1) is 11.4 Å². The third-order valence-corrected chi connectivity index (χ3v) is 6.53. The van der Waals surface area contributed by atoms with Gasteiger partial charge in [-0.3, -0.25) is 9.97 Å². The number of fused-ring (bicyclic) bond motifs is 4. The largest absolute Gasteiger partial charge is 0.256 e. The summed E-state index contributed by atoms with van der Waals surface area (Å²) in [7, 11) is 0. The van der Waals surface area contributed by atoms with Gasteiger partial charge in [0, 0.05) is 23.5 Å². The van der Waals surface area contributed by atoms with Gasteiger partial charge in [-0.05, 0) is 75.4 Å². The van der Waals surface area contributed by atoms with E-state index < -0.39 is 0 Å². The molecule has 2 aromatic heterocycles. The maximum atomic E-state index is 4.90. The number of hydrogen-bond donors (Lipinski definition) is 0. The van der Waals surface area contributed by atoms with Gasteiger partial charge in [0.1, 0.15) is 0 Å². The molecule has 1 aliphatic carbocycles. The van der Waals surface area contributed by atoms with Crippen LogP contribution in [0.4, 0.5) is 0 Å². The highest BCUT2D eigenvalue weighted by atomic mass is 14.7. The Kier molecular flexibility index (Phi) is 4.69. The van der Waals surface area contributed by atoms with Crippen LogP contribution in [0.3, 0.4) is 0 Å². The first-order valence-electron chi connectivity index (χ1n) is 11.3. The molecule has 0 bridgehead atoms. The molecule has 2 aromatic carbocycles. The molecule has 0 saturated carbocycles. The minimum absolute atomic E-state index is 0.0607. The van der Waals surface area contributed by atoms with Crippen molar-refractivity contribution in [2.45, 2.75) is 58.8 Å². The molecule has 0 spiro atoms. The molecule has 0 amide bonds. The highest BCUT2D eigenvalue weighted by Crippen LogP contribution is 2.38. The van der Waals surface area contributed by atoms with E-state index >= 15 is 0 Å². The van der Waals surface area contributed by atoms with Crippen LogP contribution in [0.1, 0.15) is 62.8 Å². The summed E-state index contributed by atoms with van der Waals surface area (Å²) in [6.45, 7) is 11.3. The maximum Gasteiger partial charge on any atom is 0.0738 e. The quantitative estimate of drug-likeness (QED) is 0.345. The Hall–Kier alpha value is -3.00. The monoisotopic (exact) mass is 406 g/mol. The lowest BCUT2D eigenvalue weighted by Crippen LogP contribution is -2.12. The van der Waals surface area contributed by atoms with Crippen LogP contribution in [0, 0.1) is 0 Å². The minimum Gasteiger partial charge on any atom is -0.256 e. The second-order valence-electron chi connectivity index (χ2n) is 10.2. The average Bonchev–Trinajstić information content (AvgIpc) is 2.76. The Labute approximate surface area is 185 Å². The molecular formula is C29H30N2. The van der Waals surface area contributed by atoms with Crippen LogP contribution >= 0.6 is 0 Å². The van der Waals surface area contributed by atoms with Crippen molar-refractivity contribution in [3.63, 3.8) is 0 Å². The smallest absolute Gasteiger partial charge is 0.0738 e. The zero-order valence-electron chi connectivity index (χ0n) is 19.2. The number of benzene rings is 2. The van der Waals surface area contributed by atoms with Gasteiger partial charge in [-0.1, -0.05) is 65.0 Å². The molecular weight excluding hydrogens is 376 g/mol. The molecule has 5 rings (SSSR count). The van der Waals surface area contributed by atoms with Gasteiger partial charge in [-0.25, -0.2) is 0 Å². The number of rotatable bonds is 2. The van der Waals surface area contributed by atoms with Crippen molar-refractivity contribution in [2.75, 3.05) is 0 Å². The third kappa shape index (κ3) is 3.54. The molecule has 0 fully saturated rings. The fourth-order valence-electron chi connectivity index (χ4n) is 4.69. The zero-order chi connectivity index (χ0) is 21.8. The second kappa shape index (κ2) is 7.30. The van der Waals surface area contributed by atoms with E-state index in [-0.39, 0.29) is 5.41 Å². The predicted octanol–water partition coefficient (Wildman–Crippen LogP) is 7.48. The minimum atomic E-state index is 0.0607. The lowest BCUT2D eigenvalue weighted by atomic mass is 9.82. The van der Waals surface area contributed by atoms with Crippen molar-refractivity contribution in [1.82, 2.24) is 9.97 Å². The highest BCUT2D eigenvalue weighted by Gasteiger charge is 2.22. The zero-order valence-corrected chi connectivity index (χ0v) is 19.2. The van der Waals surface area contributed by atoms with Gasteiger partial charge in [-0.2, -0.15) is 0 Å². The molecule has 4 aromatic rings. The lowest BCUT2D eigenvalue weighted by Gasteiger charge is -2.23. The molecule has 156 valence electrons. The summed E-state index contributed by atoms with van der Waals surface area (Å²) in [5.41, 5.74) is 9.99. The Bertz CT molecular complexity index is 1290. The van der Waals surface area contributed by atoms with Crippen molar-refractivity contribution in [3.8, 4) is 22.5 Å². The van der Waals surface area contributed by atoms with Crippen LogP contribution in [-0.2, 0) is 18.3 Å². The molecule has 0 aliphatic heterocycles. The first kappa shape index (κ1) is 19.9. The van der Waals surface area contributed by atoms with Crippen LogP contribution in [0.5, 0.6) is 0 Å². The summed E-state index contributed by atoms with van der Waals surface area (Å²) in [4.78, 5) is 9.78. The fourth-order valence-corrected chi connectivity index (χ4v) is 4.69. The van der Waals surface area contributed by atoms with E-state index in [0.29, 0.717) is 5.92 Å². The van der Waals surface area contributed by atoms with Crippen LogP contribution in [0.25, 0.3) is 33.3 Å². The summed E-state index contributed by atoms with van der Waals surface area (Å²) in [5.74, 6) is 0.501. The number of pyridine rings is 2. The number of aryl methyl sites for hydroxylation is 2. The molecule has 0 N–H and O–H groups in total. The van der Waals surface area contributed by atoms with Crippen LogP contribution in [0.15, 0.2) is 60.9 Å². The van der Waals surface area contributed by atoms with Crippen LogP contribution in [0.2, 0.25) is 0 Å². The topological polar surface area (TPSA) is 25.8 Å². The van der Waals surface area contributed by atoms with Crippen molar-refractivity contribution >= 4 is 10.8 Å². The van der Waals surface area contributed by atoms with Crippen molar-refractivity contribution < 1.29 is 0 Å². The highest BCUT2D eigenvalue weighted by molar-refractivity contribution is 5.91. The van der Waals surface area contributed by atoms with Gasteiger partial charge in [-0.15, -0.1) is 0 Å². The van der Waals surface area contributed by atoms with E-state index in [2.05, 4.69) is 89.3 Å². The predicted molar refractivity (Wildman–Crippen MR) is 131 cm³/mol.